The maximum atomic E-state index is 8.65. The van der Waals surface area contributed by atoms with E-state index in [0.29, 0.717) is 5.75 Å². The summed E-state index contributed by atoms with van der Waals surface area (Å²) in [7, 11) is 1.80. The number of aromatic nitrogens is 2. The van der Waals surface area contributed by atoms with Crippen molar-refractivity contribution in [1.29, 1.82) is 0 Å². The third-order valence-electron chi connectivity index (χ3n) is 1.32. The van der Waals surface area contributed by atoms with Crippen LogP contribution in [-0.4, -0.2) is 34.5 Å². The van der Waals surface area contributed by atoms with Crippen LogP contribution >= 0.6 is 27.7 Å². The number of thioether (sulfide) groups is 1. The van der Waals surface area contributed by atoms with Crippen molar-refractivity contribution < 1.29 is 5.11 Å². The number of hydrogen-bond acceptors (Lipinski definition) is 5. The van der Waals surface area contributed by atoms with E-state index in [0.717, 1.165) is 15.3 Å². The van der Waals surface area contributed by atoms with Crippen LogP contribution < -0.4 is 5.32 Å². The molecular weight excluding hydrogens is 254 g/mol. The zero-order chi connectivity index (χ0) is 9.68. The maximum absolute atomic E-state index is 8.65. The zero-order valence-corrected chi connectivity index (χ0v) is 9.52. The summed E-state index contributed by atoms with van der Waals surface area (Å²) in [4.78, 5) is 8.10. The first-order valence-electron chi connectivity index (χ1n) is 3.71. The monoisotopic (exact) mass is 263 g/mol. The SMILES string of the molecule is CNc1ncnc(SCCO)c1Br. The van der Waals surface area contributed by atoms with Crippen molar-refractivity contribution in [2.75, 3.05) is 24.7 Å². The Labute approximate surface area is 89.3 Å². The minimum Gasteiger partial charge on any atom is -0.396 e. The molecule has 1 aromatic rings. The third-order valence-corrected chi connectivity index (χ3v) is 3.31. The molecule has 1 heterocycles. The molecule has 0 aliphatic heterocycles. The van der Waals surface area contributed by atoms with Crippen LogP contribution in [0.15, 0.2) is 15.8 Å². The molecule has 0 radical (unpaired) electrons. The summed E-state index contributed by atoms with van der Waals surface area (Å²) in [6, 6.07) is 0. The van der Waals surface area contributed by atoms with Crippen molar-refractivity contribution >= 4 is 33.5 Å². The molecule has 0 saturated carbocycles. The Balaban J connectivity index is 2.81. The lowest BCUT2D eigenvalue weighted by Gasteiger charge is -2.05. The van der Waals surface area contributed by atoms with Gasteiger partial charge in [-0.15, -0.1) is 11.8 Å². The molecule has 0 aliphatic rings. The van der Waals surface area contributed by atoms with Gasteiger partial charge in [-0.2, -0.15) is 0 Å². The molecule has 0 amide bonds. The second kappa shape index (κ2) is 5.41. The molecule has 0 spiro atoms. The van der Waals surface area contributed by atoms with Gasteiger partial charge in [0.1, 0.15) is 17.2 Å². The Bertz CT molecular complexity index is 284. The van der Waals surface area contributed by atoms with Gasteiger partial charge in [-0.3, -0.25) is 0 Å². The smallest absolute Gasteiger partial charge is 0.144 e. The van der Waals surface area contributed by atoms with Gasteiger partial charge in [0.05, 0.1) is 11.1 Å². The van der Waals surface area contributed by atoms with Gasteiger partial charge in [-0.25, -0.2) is 9.97 Å². The number of halogens is 1. The first-order chi connectivity index (χ1) is 6.29. The van der Waals surface area contributed by atoms with Gasteiger partial charge >= 0.3 is 0 Å². The van der Waals surface area contributed by atoms with Crippen molar-refractivity contribution in [2.24, 2.45) is 0 Å². The average Bonchev–Trinajstić information content (AvgIpc) is 2.16. The fourth-order valence-corrected chi connectivity index (χ4v) is 2.15. The molecular formula is C7H10BrN3OS. The van der Waals surface area contributed by atoms with Crippen molar-refractivity contribution in [1.82, 2.24) is 9.97 Å². The summed E-state index contributed by atoms with van der Waals surface area (Å²) in [5.41, 5.74) is 0. The van der Waals surface area contributed by atoms with E-state index < -0.39 is 0 Å². The lowest BCUT2D eigenvalue weighted by atomic mass is 10.6. The van der Waals surface area contributed by atoms with E-state index >= 15 is 0 Å². The van der Waals surface area contributed by atoms with Crippen LogP contribution in [0.5, 0.6) is 0 Å². The van der Waals surface area contributed by atoms with E-state index in [9.17, 15) is 0 Å². The Kier molecular flexibility index (Phi) is 4.47. The molecule has 0 unspecified atom stereocenters. The Hall–Kier alpha value is -0.330. The first-order valence-corrected chi connectivity index (χ1v) is 5.49. The number of hydrogen-bond donors (Lipinski definition) is 2. The van der Waals surface area contributed by atoms with Gasteiger partial charge in [-0.1, -0.05) is 0 Å². The van der Waals surface area contributed by atoms with Crippen LogP contribution in [0, 0.1) is 0 Å². The van der Waals surface area contributed by atoms with Crippen LogP contribution in [0.2, 0.25) is 0 Å². The Morgan fingerprint density at radius 3 is 3.00 bits per heavy atom. The van der Waals surface area contributed by atoms with Gasteiger partial charge in [0.2, 0.25) is 0 Å². The van der Waals surface area contributed by atoms with Crippen molar-refractivity contribution in [3.63, 3.8) is 0 Å². The van der Waals surface area contributed by atoms with Crippen LogP contribution in [-0.2, 0) is 0 Å². The minimum atomic E-state index is 0.149. The van der Waals surface area contributed by atoms with Crippen molar-refractivity contribution in [2.45, 2.75) is 5.03 Å². The van der Waals surface area contributed by atoms with Gasteiger partial charge in [0, 0.05) is 12.8 Å². The van der Waals surface area contributed by atoms with Crippen LogP contribution in [0.3, 0.4) is 0 Å². The fourth-order valence-electron chi connectivity index (χ4n) is 0.771. The standard InChI is InChI=1S/C7H10BrN3OS/c1-9-6-5(8)7(11-4-10-6)13-3-2-12/h4,12H,2-3H2,1H3,(H,9,10,11). The summed E-state index contributed by atoms with van der Waals surface area (Å²) in [5.74, 6) is 1.40. The van der Waals surface area contributed by atoms with Gasteiger partial charge < -0.3 is 10.4 Å². The lowest BCUT2D eigenvalue weighted by Crippen LogP contribution is -1.97. The van der Waals surface area contributed by atoms with E-state index in [1.165, 1.54) is 18.1 Å². The first kappa shape index (κ1) is 10.7. The molecule has 0 aliphatic carbocycles. The topological polar surface area (TPSA) is 58.0 Å². The highest BCUT2D eigenvalue weighted by Gasteiger charge is 2.06. The van der Waals surface area contributed by atoms with E-state index in [-0.39, 0.29) is 6.61 Å². The van der Waals surface area contributed by atoms with E-state index in [1.54, 1.807) is 7.05 Å². The predicted octanol–water partition coefficient (Wildman–Crippen LogP) is 1.37. The molecule has 1 rings (SSSR count). The van der Waals surface area contributed by atoms with Crippen molar-refractivity contribution in [3.8, 4) is 0 Å². The molecule has 72 valence electrons. The van der Waals surface area contributed by atoms with Gasteiger partial charge in [-0.05, 0) is 15.9 Å². The summed E-state index contributed by atoms with van der Waals surface area (Å²) in [6.07, 6.45) is 1.50. The zero-order valence-electron chi connectivity index (χ0n) is 7.12. The Morgan fingerprint density at radius 2 is 2.38 bits per heavy atom. The van der Waals surface area contributed by atoms with Crippen LogP contribution in [0.4, 0.5) is 5.82 Å². The molecule has 1 aromatic heterocycles. The molecule has 2 N–H and O–H groups in total. The number of aliphatic hydroxyl groups is 1. The molecule has 0 saturated heterocycles. The maximum Gasteiger partial charge on any atom is 0.144 e. The van der Waals surface area contributed by atoms with E-state index in [1.807, 2.05) is 0 Å². The van der Waals surface area contributed by atoms with Crippen molar-refractivity contribution in [3.05, 3.63) is 10.8 Å². The molecule has 0 aromatic carbocycles. The second-order valence-corrected chi connectivity index (χ2v) is 4.04. The lowest BCUT2D eigenvalue weighted by molar-refractivity contribution is 0.322. The van der Waals surface area contributed by atoms with E-state index in [2.05, 4.69) is 31.2 Å². The number of nitrogens with zero attached hydrogens (tertiary/aromatic N) is 2. The number of aliphatic hydroxyl groups excluding tert-OH is 1. The van der Waals surface area contributed by atoms with Crippen LogP contribution in [0.25, 0.3) is 0 Å². The number of anilines is 1. The summed E-state index contributed by atoms with van der Waals surface area (Å²) in [5, 5.41) is 12.4. The molecule has 6 heteroatoms. The summed E-state index contributed by atoms with van der Waals surface area (Å²) in [6.45, 7) is 0.149. The third kappa shape index (κ3) is 2.82. The summed E-state index contributed by atoms with van der Waals surface area (Å²) < 4.78 is 0.843. The summed E-state index contributed by atoms with van der Waals surface area (Å²) >= 11 is 4.87. The molecule has 13 heavy (non-hydrogen) atoms. The minimum absolute atomic E-state index is 0.149. The van der Waals surface area contributed by atoms with Gasteiger partial charge in [0.15, 0.2) is 0 Å². The second-order valence-electron chi connectivity index (χ2n) is 2.16. The highest BCUT2D eigenvalue weighted by molar-refractivity contribution is 9.10. The molecule has 0 bridgehead atoms. The average molecular weight is 264 g/mol. The largest absolute Gasteiger partial charge is 0.396 e. The quantitative estimate of drug-likeness (QED) is 0.635. The van der Waals surface area contributed by atoms with Crippen LogP contribution in [0.1, 0.15) is 0 Å². The fraction of sp³-hybridized carbons (Fsp3) is 0.429. The predicted molar refractivity (Wildman–Crippen MR) is 57.1 cm³/mol. The highest BCUT2D eigenvalue weighted by Crippen LogP contribution is 2.29. The molecule has 4 nitrogen and oxygen atoms in total. The molecule has 0 atom stereocenters. The number of rotatable bonds is 4. The Morgan fingerprint density at radius 1 is 1.62 bits per heavy atom. The van der Waals surface area contributed by atoms with E-state index in [4.69, 9.17) is 5.11 Å². The van der Waals surface area contributed by atoms with Gasteiger partial charge in [0.25, 0.3) is 0 Å². The normalized spacial score (nSPS) is 10.1. The molecule has 0 fully saturated rings. The number of nitrogens with one attached hydrogen (secondary N) is 1. The highest BCUT2D eigenvalue weighted by atomic mass is 79.9.